The summed E-state index contributed by atoms with van der Waals surface area (Å²) in [5, 5.41) is 0.397. The SMILES string of the molecule is Fc1ccc(-c2ncc3c(Cl)nccn23)cc1. The largest absolute Gasteiger partial charge is 0.295 e. The zero-order valence-electron chi connectivity index (χ0n) is 8.64. The van der Waals surface area contributed by atoms with Gasteiger partial charge in [-0.1, -0.05) is 11.6 Å². The fraction of sp³-hybridized carbons (Fsp3) is 0. The van der Waals surface area contributed by atoms with Crippen molar-refractivity contribution in [3.63, 3.8) is 0 Å². The van der Waals surface area contributed by atoms with Crippen molar-refractivity contribution in [3.05, 3.63) is 53.8 Å². The molecule has 0 bridgehead atoms. The minimum Gasteiger partial charge on any atom is -0.295 e. The first-order chi connectivity index (χ1) is 8.25. The average molecular weight is 248 g/mol. The molecule has 0 fully saturated rings. The van der Waals surface area contributed by atoms with Gasteiger partial charge in [-0.05, 0) is 24.3 Å². The van der Waals surface area contributed by atoms with Crippen molar-refractivity contribution in [2.24, 2.45) is 0 Å². The summed E-state index contributed by atoms with van der Waals surface area (Å²) in [6.07, 6.45) is 5.02. The van der Waals surface area contributed by atoms with Crippen LogP contribution in [0.3, 0.4) is 0 Å². The molecule has 0 unspecified atom stereocenters. The van der Waals surface area contributed by atoms with Crippen LogP contribution in [0.2, 0.25) is 5.15 Å². The summed E-state index contributed by atoms with van der Waals surface area (Å²) in [6, 6.07) is 6.16. The lowest BCUT2D eigenvalue weighted by molar-refractivity contribution is 0.628. The molecule has 0 aliphatic rings. The maximum Gasteiger partial charge on any atom is 0.154 e. The summed E-state index contributed by atoms with van der Waals surface area (Å²) in [6.45, 7) is 0. The third-order valence-corrected chi connectivity index (χ3v) is 2.81. The Labute approximate surface area is 102 Å². The lowest BCUT2D eigenvalue weighted by atomic mass is 10.2. The van der Waals surface area contributed by atoms with Gasteiger partial charge in [-0.25, -0.2) is 14.4 Å². The number of halogens is 2. The van der Waals surface area contributed by atoms with E-state index in [1.807, 2.05) is 4.40 Å². The summed E-state index contributed by atoms with van der Waals surface area (Å²) >= 11 is 5.95. The van der Waals surface area contributed by atoms with Gasteiger partial charge >= 0.3 is 0 Å². The molecule has 84 valence electrons. The van der Waals surface area contributed by atoms with Crippen molar-refractivity contribution in [2.75, 3.05) is 0 Å². The van der Waals surface area contributed by atoms with Gasteiger partial charge in [0.2, 0.25) is 0 Å². The Morgan fingerprint density at radius 3 is 2.65 bits per heavy atom. The molecule has 0 saturated heterocycles. The van der Waals surface area contributed by atoms with Crippen LogP contribution in [0.5, 0.6) is 0 Å². The molecule has 0 N–H and O–H groups in total. The summed E-state index contributed by atoms with van der Waals surface area (Å²) in [4.78, 5) is 8.25. The van der Waals surface area contributed by atoms with Crippen LogP contribution in [-0.4, -0.2) is 14.4 Å². The lowest BCUT2D eigenvalue weighted by Crippen LogP contribution is -1.90. The first-order valence-electron chi connectivity index (χ1n) is 4.99. The summed E-state index contributed by atoms with van der Waals surface area (Å²) in [7, 11) is 0. The van der Waals surface area contributed by atoms with Crippen molar-refractivity contribution >= 4 is 17.1 Å². The first kappa shape index (κ1) is 10.2. The third-order valence-electron chi connectivity index (χ3n) is 2.51. The highest BCUT2D eigenvalue weighted by Crippen LogP contribution is 2.22. The second-order valence-electron chi connectivity index (χ2n) is 3.56. The minimum atomic E-state index is -0.269. The molecule has 3 rings (SSSR count). The maximum absolute atomic E-state index is 12.8. The summed E-state index contributed by atoms with van der Waals surface area (Å²) < 4.78 is 14.7. The van der Waals surface area contributed by atoms with E-state index >= 15 is 0 Å². The second-order valence-corrected chi connectivity index (χ2v) is 3.92. The van der Waals surface area contributed by atoms with Gasteiger partial charge in [-0.3, -0.25) is 4.40 Å². The fourth-order valence-electron chi connectivity index (χ4n) is 1.71. The highest BCUT2D eigenvalue weighted by Gasteiger charge is 2.08. The molecule has 0 radical (unpaired) electrons. The Kier molecular flexibility index (Phi) is 2.30. The quantitative estimate of drug-likeness (QED) is 0.661. The molecule has 0 amide bonds. The molecule has 2 heterocycles. The van der Waals surface area contributed by atoms with Gasteiger partial charge in [0, 0.05) is 18.0 Å². The molecule has 17 heavy (non-hydrogen) atoms. The molecule has 0 aliphatic heterocycles. The Bertz CT molecular complexity index is 676. The molecule has 5 heteroatoms. The summed E-state index contributed by atoms with van der Waals surface area (Å²) in [5.41, 5.74) is 1.56. The average Bonchev–Trinajstić information content (AvgIpc) is 2.75. The number of benzene rings is 1. The number of fused-ring (bicyclic) bond motifs is 1. The van der Waals surface area contributed by atoms with Gasteiger partial charge < -0.3 is 0 Å². The van der Waals surface area contributed by atoms with Gasteiger partial charge in [0.05, 0.1) is 6.20 Å². The Morgan fingerprint density at radius 2 is 1.88 bits per heavy atom. The zero-order chi connectivity index (χ0) is 11.8. The van der Waals surface area contributed by atoms with Gasteiger partial charge in [0.25, 0.3) is 0 Å². The van der Waals surface area contributed by atoms with E-state index < -0.39 is 0 Å². The van der Waals surface area contributed by atoms with Crippen LogP contribution in [0.4, 0.5) is 4.39 Å². The standard InChI is InChI=1S/C12H7ClFN3/c13-11-10-7-16-12(17(10)6-5-15-11)8-1-3-9(14)4-2-8/h1-7H. The van der Waals surface area contributed by atoms with Gasteiger partial charge in [0.15, 0.2) is 5.15 Å². The van der Waals surface area contributed by atoms with Gasteiger partial charge in [0.1, 0.15) is 17.2 Å². The number of aromatic nitrogens is 3. The van der Waals surface area contributed by atoms with Gasteiger partial charge in [-0.15, -0.1) is 0 Å². The number of hydrogen-bond acceptors (Lipinski definition) is 2. The minimum absolute atomic E-state index is 0.269. The van der Waals surface area contributed by atoms with Crippen molar-refractivity contribution < 1.29 is 4.39 Å². The van der Waals surface area contributed by atoms with E-state index in [0.717, 1.165) is 11.1 Å². The Morgan fingerprint density at radius 1 is 1.12 bits per heavy atom. The predicted octanol–water partition coefficient (Wildman–Crippen LogP) is 3.19. The molecule has 1 aromatic carbocycles. The Balaban J connectivity index is 2.24. The van der Waals surface area contributed by atoms with Crippen LogP contribution in [0.1, 0.15) is 0 Å². The molecule has 0 atom stereocenters. The molecule has 0 spiro atoms. The molecule has 3 aromatic rings. The van der Waals surface area contributed by atoms with Crippen LogP contribution in [0.15, 0.2) is 42.9 Å². The van der Waals surface area contributed by atoms with Crippen LogP contribution in [0, 0.1) is 5.82 Å². The monoisotopic (exact) mass is 247 g/mol. The number of nitrogens with zero attached hydrogens (tertiary/aromatic N) is 3. The van der Waals surface area contributed by atoms with E-state index in [-0.39, 0.29) is 5.82 Å². The maximum atomic E-state index is 12.8. The summed E-state index contributed by atoms with van der Waals surface area (Å²) in [5.74, 6) is 0.443. The first-order valence-corrected chi connectivity index (χ1v) is 5.37. The third kappa shape index (κ3) is 1.66. The lowest BCUT2D eigenvalue weighted by Gasteiger charge is -2.01. The second kappa shape index (κ2) is 3.82. The fourth-order valence-corrected chi connectivity index (χ4v) is 1.90. The topological polar surface area (TPSA) is 30.2 Å². The van der Waals surface area contributed by atoms with E-state index in [1.165, 1.54) is 12.1 Å². The smallest absolute Gasteiger partial charge is 0.154 e. The van der Waals surface area contributed by atoms with Crippen molar-refractivity contribution in [1.29, 1.82) is 0 Å². The van der Waals surface area contributed by atoms with E-state index in [4.69, 9.17) is 11.6 Å². The number of rotatable bonds is 1. The van der Waals surface area contributed by atoms with Crippen LogP contribution in [-0.2, 0) is 0 Å². The Hall–Kier alpha value is -1.94. The van der Waals surface area contributed by atoms with E-state index in [2.05, 4.69) is 9.97 Å². The normalized spacial score (nSPS) is 10.9. The van der Waals surface area contributed by atoms with Crippen molar-refractivity contribution in [2.45, 2.75) is 0 Å². The molecule has 0 saturated carbocycles. The number of imidazole rings is 1. The van der Waals surface area contributed by atoms with Crippen molar-refractivity contribution in [1.82, 2.24) is 14.4 Å². The molecular weight excluding hydrogens is 241 g/mol. The molecule has 3 nitrogen and oxygen atoms in total. The number of hydrogen-bond donors (Lipinski definition) is 0. The van der Waals surface area contributed by atoms with E-state index in [9.17, 15) is 4.39 Å². The molecule has 0 aliphatic carbocycles. The van der Waals surface area contributed by atoms with Crippen LogP contribution < -0.4 is 0 Å². The van der Waals surface area contributed by atoms with Gasteiger partial charge in [-0.2, -0.15) is 0 Å². The molecule has 2 aromatic heterocycles. The highest BCUT2D eigenvalue weighted by atomic mass is 35.5. The van der Waals surface area contributed by atoms with Crippen LogP contribution in [0.25, 0.3) is 16.9 Å². The van der Waals surface area contributed by atoms with Crippen LogP contribution >= 0.6 is 11.6 Å². The highest BCUT2D eigenvalue weighted by molar-refractivity contribution is 6.32. The predicted molar refractivity (Wildman–Crippen MR) is 63.4 cm³/mol. The molecular formula is C12H7ClFN3. The zero-order valence-corrected chi connectivity index (χ0v) is 9.39. The van der Waals surface area contributed by atoms with E-state index in [1.54, 1.807) is 30.7 Å². The van der Waals surface area contributed by atoms with E-state index in [0.29, 0.717) is 11.0 Å². The van der Waals surface area contributed by atoms with Crippen molar-refractivity contribution in [3.8, 4) is 11.4 Å².